The summed E-state index contributed by atoms with van der Waals surface area (Å²) >= 11 is 1.60. The normalized spacial score (nSPS) is 13.1. The summed E-state index contributed by atoms with van der Waals surface area (Å²) in [5.74, 6) is -1.38. The number of thioether (sulfide) groups is 1. The highest BCUT2D eigenvalue weighted by Crippen LogP contribution is 2.29. The van der Waals surface area contributed by atoms with E-state index in [1.54, 1.807) is 43.0 Å². The average Bonchev–Trinajstić information content (AvgIpc) is 2.65. The first-order valence-electron chi connectivity index (χ1n) is 8.21. The van der Waals surface area contributed by atoms with E-state index in [1.165, 1.54) is 18.2 Å². The van der Waals surface area contributed by atoms with Crippen molar-refractivity contribution in [3.63, 3.8) is 0 Å². The van der Waals surface area contributed by atoms with E-state index in [2.05, 4.69) is 5.32 Å². The van der Waals surface area contributed by atoms with Crippen LogP contribution in [0.4, 0.5) is 10.5 Å². The lowest BCUT2D eigenvalue weighted by molar-refractivity contribution is -0.131. The van der Waals surface area contributed by atoms with Crippen LogP contribution in [0.5, 0.6) is 5.75 Å². The molecule has 2 aromatic carbocycles. The number of phenols is 1. The standard InChI is InChI=1S/C20H21NO5S/c1-13(3-12-18(23)24)19(14-4-8-16(22)9-5-14)26-20(25)21-15-6-10-17(27-2)11-7-15/h3-13,19,22H,1-2H3,(H,21,25)(H,23,24)/b12-3+/t13-,19+/m1/s1. The van der Waals surface area contributed by atoms with E-state index in [0.29, 0.717) is 11.3 Å². The molecular formula is C20H21NO5S. The molecule has 2 atom stereocenters. The van der Waals surface area contributed by atoms with Crippen molar-refractivity contribution in [2.24, 2.45) is 5.92 Å². The molecule has 0 aliphatic carbocycles. The van der Waals surface area contributed by atoms with Gasteiger partial charge in [0.25, 0.3) is 0 Å². The van der Waals surface area contributed by atoms with Crippen molar-refractivity contribution in [3.8, 4) is 5.75 Å². The van der Waals surface area contributed by atoms with Crippen LogP contribution >= 0.6 is 11.8 Å². The van der Waals surface area contributed by atoms with E-state index in [1.807, 2.05) is 18.4 Å². The number of aromatic hydroxyl groups is 1. The van der Waals surface area contributed by atoms with Crippen molar-refractivity contribution in [2.75, 3.05) is 11.6 Å². The Hall–Kier alpha value is -2.93. The monoisotopic (exact) mass is 387 g/mol. The molecule has 0 saturated carbocycles. The third kappa shape index (κ3) is 6.38. The summed E-state index contributed by atoms with van der Waals surface area (Å²) in [4.78, 5) is 24.2. The van der Waals surface area contributed by atoms with Crippen LogP contribution < -0.4 is 5.32 Å². The number of phenolic OH excluding ortho intramolecular Hbond substituents is 1. The second-order valence-corrected chi connectivity index (χ2v) is 6.71. The average molecular weight is 387 g/mol. The first-order valence-corrected chi connectivity index (χ1v) is 9.43. The summed E-state index contributed by atoms with van der Waals surface area (Å²) in [6.07, 6.45) is 3.07. The molecule has 0 bridgehead atoms. The Morgan fingerprint density at radius 3 is 2.30 bits per heavy atom. The molecule has 0 spiro atoms. The molecule has 0 saturated heterocycles. The third-order valence-electron chi connectivity index (χ3n) is 3.81. The quantitative estimate of drug-likeness (QED) is 0.471. The van der Waals surface area contributed by atoms with Gasteiger partial charge in [-0.1, -0.05) is 25.1 Å². The van der Waals surface area contributed by atoms with Gasteiger partial charge >= 0.3 is 12.1 Å². The minimum atomic E-state index is -1.08. The van der Waals surface area contributed by atoms with Gasteiger partial charge in [0, 0.05) is 22.6 Å². The summed E-state index contributed by atoms with van der Waals surface area (Å²) in [6, 6.07) is 13.5. The number of ether oxygens (including phenoxy) is 1. The Bertz CT molecular complexity index is 802. The Morgan fingerprint density at radius 2 is 1.74 bits per heavy atom. The van der Waals surface area contributed by atoms with Gasteiger partial charge in [0.05, 0.1) is 0 Å². The van der Waals surface area contributed by atoms with Gasteiger partial charge in [0.15, 0.2) is 0 Å². The molecule has 142 valence electrons. The number of hydrogen-bond acceptors (Lipinski definition) is 5. The van der Waals surface area contributed by atoms with E-state index < -0.39 is 24.1 Å². The molecule has 3 N–H and O–H groups in total. The highest BCUT2D eigenvalue weighted by molar-refractivity contribution is 7.98. The molecule has 0 unspecified atom stereocenters. The Balaban J connectivity index is 2.15. The maximum atomic E-state index is 12.3. The van der Waals surface area contributed by atoms with Crippen molar-refractivity contribution in [1.29, 1.82) is 0 Å². The summed E-state index contributed by atoms with van der Waals surface area (Å²) in [5.41, 5.74) is 1.24. The van der Waals surface area contributed by atoms with Crippen LogP contribution in [0.25, 0.3) is 0 Å². The molecular weight excluding hydrogens is 366 g/mol. The van der Waals surface area contributed by atoms with Crippen LogP contribution in [0.3, 0.4) is 0 Å². The van der Waals surface area contributed by atoms with E-state index in [0.717, 1.165) is 11.0 Å². The lowest BCUT2D eigenvalue weighted by Gasteiger charge is -2.22. The number of hydrogen-bond donors (Lipinski definition) is 3. The summed E-state index contributed by atoms with van der Waals surface area (Å²) in [6.45, 7) is 1.75. The summed E-state index contributed by atoms with van der Waals surface area (Å²) < 4.78 is 5.55. The zero-order valence-electron chi connectivity index (χ0n) is 15.0. The number of rotatable bonds is 7. The lowest BCUT2D eigenvalue weighted by Crippen LogP contribution is -2.21. The van der Waals surface area contributed by atoms with Gasteiger partial charge in [0.1, 0.15) is 11.9 Å². The third-order valence-corrected chi connectivity index (χ3v) is 4.56. The van der Waals surface area contributed by atoms with Crippen molar-refractivity contribution in [3.05, 3.63) is 66.2 Å². The van der Waals surface area contributed by atoms with Crippen LogP contribution in [-0.2, 0) is 9.53 Å². The molecule has 27 heavy (non-hydrogen) atoms. The fraction of sp³-hybridized carbons (Fsp3) is 0.200. The molecule has 0 fully saturated rings. The zero-order valence-corrected chi connectivity index (χ0v) is 15.8. The first-order chi connectivity index (χ1) is 12.9. The topological polar surface area (TPSA) is 95.9 Å². The SMILES string of the molecule is CSc1ccc(NC(=O)O[C@H](c2ccc(O)cc2)[C@H](C)/C=C/C(=O)O)cc1. The highest BCUT2D eigenvalue weighted by atomic mass is 32.2. The molecule has 2 rings (SSSR count). The van der Waals surface area contributed by atoms with E-state index in [9.17, 15) is 14.7 Å². The maximum absolute atomic E-state index is 12.3. The fourth-order valence-electron chi connectivity index (χ4n) is 2.41. The number of carbonyl (C=O) groups is 2. The minimum Gasteiger partial charge on any atom is -0.508 e. The number of anilines is 1. The summed E-state index contributed by atoms with van der Waals surface area (Å²) in [7, 11) is 0. The second kappa shape index (κ2) is 9.68. The molecule has 0 radical (unpaired) electrons. The number of carboxylic acid groups (broad SMARTS) is 1. The Labute approximate surface area is 161 Å². The number of carboxylic acids is 1. The van der Waals surface area contributed by atoms with Crippen LogP contribution in [-0.4, -0.2) is 28.5 Å². The maximum Gasteiger partial charge on any atom is 0.412 e. The van der Waals surface area contributed by atoms with Crippen LogP contribution in [0.1, 0.15) is 18.6 Å². The van der Waals surface area contributed by atoms with Crippen molar-refractivity contribution in [2.45, 2.75) is 17.9 Å². The van der Waals surface area contributed by atoms with Crippen LogP contribution in [0, 0.1) is 5.92 Å². The second-order valence-electron chi connectivity index (χ2n) is 5.83. The van der Waals surface area contributed by atoms with Gasteiger partial charge in [-0.15, -0.1) is 11.8 Å². The lowest BCUT2D eigenvalue weighted by atomic mass is 9.96. The van der Waals surface area contributed by atoms with Gasteiger partial charge in [0.2, 0.25) is 0 Å². The molecule has 2 aromatic rings. The Morgan fingerprint density at radius 1 is 1.11 bits per heavy atom. The van der Waals surface area contributed by atoms with Gasteiger partial charge in [-0.3, -0.25) is 5.32 Å². The minimum absolute atomic E-state index is 0.0876. The van der Waals surface area contributed by atoms with Gasteiger partial charge in [-0.2, -0.15) is 0 Å². The number of aliphatic carboxylic acids is 1. The van der Waals surface area contributed by atoms with Crippen molar-refractivity contribution >= 4 is 29.5 Å². The first kappa shape index (κ1) is 20.4. The number of carbonyl (C=O) groups excluding carboxylic acids is 1. The van der Waals surface area contributed by atoms with Crippen molar-refractivity contribution in [1.82, 2.24) is 0 Å². The molecule has 7 heteroatoms. The molecule has 0 aromatic heterocycles. The molecule has 0 aliphatic heterocycles. The smallest absolute Gasteiger partial charge is 0.412 e. The van der Waals surface area contributed by atoms with Crippen molar-refractivity contribution < 1.29 is 24.5 Å². The molecule has 0 heterocycles. The van der Waals surface area contributed by atoms with Crippen LogP contribution in [0.2, 0.25) is 0 Å². The molecule has 1 amide bonds. The molecule has 0 aliphatic rings. The van der Waals surface area contributed by atoms with Gasteiger partial charge < -0.3 is 14.9 Å². The van der Waals surface area contributed by atoms with Gasteiger partial charge in [-0.25, -0.2) is 9.59 Å². The molecule has 6 nitrogen and oxygen atoms in total. The predicted molar refractivity (Wildman–Crippen MR) is 105 cm³/mol. The number of nitrogens with one attached hydrogen (secondary N) is 1. The Kier molecular flexibility index (Phi) is 7.31. The predicted octanol–water partition coefficient (Wildman–Crippen LogP) is 4.68. The number of amides is 1. The van der Waals surface area contributed by atoms with Gasteiger partial charge in [-0.05, 0) is 48.2 Å². The van der Waals surface area contributed by atoms with E-state index in [4.69, 9.17) is 9.84 Å². The summed E-state index contributed by atoms with van der Waals surface area (Å²) in [5, 5.41) is 21.0. The van der Waals surface area contributed by atoms with Crippen LogP contribution in [0.15, 0.2) is 65.6 Å². The highest BCUT2D eigenvalue weighted by Gasteiger charge is 2.22. The zero-order chi connectivity index (χ0) is 19.8. The largest absolute Gasteiger partial charge is 0.508 e. The number of benzene rings is 2. The van der Waals surface area contributed by atoms with E-state index in [-0.39, 0.29) is 5.75 Å². The van der Waals surface area contributed by atoms with E-state index >= 15 is 0 Å². The fourth-order valence-corrected chi connectivity index (χ4v) is 2.82.